The summed E-state index contributed by atoms with van der Waals surface area (Å²) in [7, 11) is -1.75. The van der Waals surface area contributed by atoms with Gasteiger partial charge in [-0.15, -0.1) is 0 Å². The zero-order valence-corrected chi connectivity index (χ0v) is 26.3. The van der Waals surface area contributed by atoms with E-state index in [9.17, 15) is 0 Å². The fourth-order valence-corrected chi connectivity index (χ4v) is 9.64. The second-order valence-corrected chi connectivity index (χ2v) is 16.5. The van der Waals surface area contributed by atoms with Crippen molar-refractivity contribution in [3.8, 4) is 67.5 Å². The fourth-order valence-electron chi connectivity index (χ4n) is 6.54. The third-order valence-electron chi connectivity index (χ3n) is 8.93. The summed E-state index contributed by atoms with van der Waals surface area (Å²) in [6.45, 7) is 4.94. The van der Waals surface area contributed by atoms with E-state index in [0.29, 0.717) is 17.5 Å². The molecule has 0 bridgehead atoms. The second kappa shape index (κ2) is 10.9. The molecule has 8 rings (SSSR count). The molecule has 0 spiro atoms. The molecule has 0 saturated carbocycles. The summed E-state index contributed by atoms with van der Waals surface area (Å²) in [6, 6.07) is 53.6. The number of hydrogen-bond acceptors (Lipinski definition) is 3. The second-order valence-electron chi connectivity index (χ2n) is 12.1. The molecular weight excluding hydrogens is 563 g/mol. The molecule has 214 valence electrons. The lowest BCUT2D eigenvalue weighted by molar-refractivity contribution is 1.07. The van der Waals surface area contributed by atoms with Crippen molar-refractivity contribution in [1.29, 1.82) is 0 Å². The Morgan fingerprint density at radius 1 is 0.333 bits per heavy atom. The van der Waals surface area contributed by atoms with E-state index >= 15 is 0 Å². The molecule has 1 aliphatic heterocycles. The number of benzene rings is 6. The Morgan fingerprint density at radius 3 is 1.36 bits per heavy atom. The summed E-state index contributed by atoms with van der Waals surface area (Å²) in [5.41, 5.74) is 10.5. The highest BCUT2D eigenvalue weighted by Gasteiger charge is 2.37. The van der Waals surface area contributed by atoms with E-state index in [2.05, 4.69) is 104 Å². The number of hydrogen-bond donors (Lipinski definition) is 0. The van der Waals surface area contributed by atoms with E-state index in [4.69, 9.17) is 15.0 Å². The Balaban J connectivity index is 1.18. The molecular formula is C41H31N3Si. The van der Waals surface area contributed by atoms with Crippen LogP contribution < -0.4 is 10.4 Å². The zero-order chi connectivity index (χ0) is 30.4. The van der Waals surface area contributed by atoms with Crippen LogP contribution in [-0.4, -0.2) is 23.0 Å². The maximum absolute atomic E-state index is 4.94. The Bertz CT molecular complexity index is 2130. The summed E-state index contributed by atoms with van der Waals surface area (Å²) in [4.78, 5) is 14.7. The lowest BCUT2D eigenvalue weighted by Gasteiger charge is -2.19. The minimum absolute atomic E-state index is 0.658. The lowest BCUT2D eigenvalue weighted by atomic mass is 9.96. The van der Waals surface area contributed by atoms with Gasteiger partial charge in [0.05, 0.1) is 0 Å². The molecule has 7 aromatic rings. The van der Waals surface area contributed by atoms with Gasteiger partial charge in [-0.2, -0.15) is 0 Å². The van der Waals surface area contributed by atoms with Gasteiger partial charge >= 0.3 is 0 Å². The molecule has 1 aromatic heterocycles. The maximum atomic E-state index is 4.94. The monoisotopic (exact) mass is 593 g/mol. The molecule has 45 heavy (non-hydrogen) atoms. The third kappa shape index (κ3) is 4.90. The fraction of sp³-hybridized carbons (Fsp3) is 0.0488. The van der Waals surface area contributed by atoms with Crippen molar-refractivity contribution < 1.29 is 0 Å². The van der Waals surface area contributed by atoms with Gasteiger partial charge in [0.15, 0.2) is 17.5 Å². The summed E-state index contributed by atoms with van der Waals surface area (Å²) in [5.74, 6) is 1.99. The van der Waals surface area contributed by atoms with E-state index in [-0.39, 0.29) is 0 Å². The highest BCUT2D eigenvalue weighted by atomic mass is 28.3. The van der Waals surface area contributed by atoms with Crippen molar-refractivity contribution >= 4 is 18.4 Å². The van der Waals surface area contributed by atoms with Gasteiger partial charge < -0.3 is 0 Å². The minimum atomic E-state index is -1.75. The van der Waals surface area contributed by atoms with Crippen molar-refractivity contribution in [2.45, 2.75) is 13.1 Å². The van der Waals surface area contributed by atoms with Crippen LogP contribution in [0.2, 0.25) is 13.1 Å². The first-order chi connectivity index (χ1) is 22.0. The van der Waals surface area contributed by atoms with Crippen LogP contribution in [0, 0.1) is 0 Å². The molecule has 2 heterocycles. The van der Waals surface area contributed by atoms with E-state index in [1.165, 1.54) is 32.6 Å². The van der Waals surface area contributed by atoms with Crippen molar-refractivity contribution in [1.82, 2.24) is 15.0 Å². The highest BCUT2D eigenvalue weighted by Crippen LogP contribution is 2.33. The van der Waals surface area contributed by atoms with Crippen molar-refractivity contribution in [2.75, 3.05) is 0 Å². The zero-order valence-electron chi connectivity index (χ0n) is 25.3. The van der Waals surface area contributed by atoms with E-state index in [1.807, 2.05) is 60.7 Å². The van der Waals surface area contributed by atoms with Crippen molar-refractivity contribution in [2.24, 2.45) is 0 Å². The van der Waals surface area contributed by atoms with E-state index in [0.717, 1.165) is 27.8 Å². The first kappa shape index (κ1) is 27.1. The average molecular weight is 594 g/mol. The summed E-state index contributed by atoms with van der Waals surface area (Å²) in [6.07, 6.45) is 0. The van der Waals surface area contributed by atoms with Gasteiger partial charge in [-0.25, -0.2) is 15.0 Å². The molecule has 4 heteroatoms. The van der Waals surface area contributed by atoms with Crippen LogP contribution in [-0.2, 0) is 0 Å². The minimum Gasteiger partial charge on any atom is -0.208 e. The molecule has 0 fully saturated rings. The highest BCUT2D eigenvalue weighted by molar-refractivity contribution is 7.03. The summed E-state index contributed by atoms with van der Waals surface area (Å²) < 4.78 is 0. The third-order valence-corrected chi connectivity index (χ3v) is 12.5. The molecule has 0 unspecified atom stereocenters. The molecule has 3 nitrogen and oxygen atoms in total. The van der Waals surface area contributed by atoms with Crippen LogP contribution in [0.1, 0.15) is 0 Å². The normalized spacial score (nSPS) is 12.8. The van der Waals surface area contributed by atoms with Gasteiger partial charge in [0, 0.05) is 16.7 Å². The van der Waals surface area contributed by atoms with Crippen LogP contribution in [0.4, 0.5) is 0 Å². The van der Waals surface area contributed by atoms with Gasteiger partial charge in [-0.3, -0.25) is 0 Å². The topological polar surface area (TPSA) is 38.7 Å². The van der Waals surface area contributed by atoms with Crippen molar-refractivity contribution in [3.63, 3.8) is 0 Å². The Labute approximate surface area is 265 Å². The Hall–Kier alpha value is -5.45. The largest absolute Gasteiger partial charge is 0.208 e. The molecule has 0 atom stereocenters. The Kier molecular flexibility index (Phi) is 6.58. The van der Waals surface area contributed by atoms with Crippen molar-refractivity contribution in [3.05, 3.63) is 152 Å². The number of fused-ring (bicyclic) bond motifs is 3. The summed E-state index contributed by atoms with van der Waals surface area (Å²) in [5, 5.41) is 3.05. The van der Waals surface area contributed by atoms with Crippen LogP contribution in [0.3, 0.4) is 0 Å². The van der Waals surface area contributed by atoms with E-state index in [1.54, 1.807) is 0 Å². The molecule has 6 aromatic carbocycles. The molecule has 0 aliphatic carbocycles. The van der Waals surface area contributed by atoms with Gasteiger partial charge in [0.1, 0.15) is 8.07 Å². The molecule has 0 saturated heterocycles. The smallest absolute Gasteiger partial charge is 0.164 e. The predicted molar refractivity (Wildman–Crippen MR) is 189 cm³/mol. The van der Waals surface area contributed by atoms with Crippen LogP contribution >= 0.6 is 0 Å². The molecule has 0 radical (unpaired) electrons. The van der Waals surface area contributed by atoms with Gasteiger partial charge in [-0.05, 0) is 55.9 Å². The number of aromatic nitrogens is 3. The summed E-state index contributed by atoms with van der Waals surface area (Å²) >= 11 is 0. The first-order valence-corrected chi connectivity index (χ1v) is 18.4. The van der Waals surface area contributed by atoms with Gasteiger partial charge in [-0.1, -0.05) is 153 Å². The van der Waals surface area contributed by atoms with E-state index < -0.39 is 8.07 Å². The van der Waals surface area contributed by atoms with Crippen LogP contribution in [0.25, 0.3) is 67.5 Å². The Morgan fingerprint density at radius 2 is 0.756 bits per heavy atom. The SMILES string of the molecule is C[Si]1(C)c2ccccc2-c2ccc(-c3cccc(-c4cccc(-c5nc(-c6ccccc6)nc(-c6ccccc6)n5)c4)c3)cc21. The number of rotatable bonds is 5. The number of nitrogens with zero attached hydrogens (tertiary/aromatic N) is 3. The molecule has 0 amide bonds. The first-order valence-electron chi connectivity index (χ1n) is 15.4. The lowest BCUT2D eigenvalue weighted by Crippen LogP contribution is -2.49. The van der Waals surface area contributed by atoms with Gasteiger partial charge in [0.2, 0.25) is 0 Å². The molecule has 0 N–H and O–H groups in total. The molecule has 1 aliphatic rings. The maximum Gasteiger partial charge on any atom is 0.164 e. The van der Waals surface area contributed by atoms with Gasteiger partial charge in [0.25, 0.3) is 0 Å². The average Bonchev–Trinajstić information content (AvgIpc) is 3.34. The van der Waals surface area contributed by atoms with Crippen LogP contribution in [0.15, 0.2) is 152 Å². The predicted octanol–water partition coefficient (Wildman–Crippen LogP) is 9.01. The van der Waals surface area contributed by atoms with Crippen LogP contribution in [0.5, 0.6) is 0 Å². The quantitative estimate of drug-likeness (QED) is 0.187. The standard InChI is InChI=1S/C41H31N3Si/c1-45(2)37-22-10-9-21-35(37)36-24-23-33(27-38(36)45)31-18-11-17-30(25-31)32-19-12-20-34(26-32)41-43-39(28-13-5-3-6-14-28)42-40(44-41)29-15-7-4-8-16-29/h3-27H,1-2H3.